The van der Waals surface area contributed by atoms with Crippen LogP contribution in [0.4, 0.5) is 11.4 Å². The van der Waals surface area contributed by atoms with Crippen molar-refractivity contribution >= 4 is 17.5 Å². The third-order valence-corrected chi connectivity index (χ3v) is 3.00. The number of nitrogens with two attached hydrogens (primary N) is 1. The third kappa shape index (κ3) is 1.85. The molecule has 3 nitrogen and oxygen atoms in total. The number of para-hydroxylation sites is 2. The molecular weight excluding hydrogens is 222 g/mol. The lowest BCUT2D eigenvalue weighted by atomic mass is 10.1. The van der Waals surface area contributed by atoms with E-state index >= 15 is 0 Å². The van der Waals surface area contributed by atoms with Crippen LogP contribution in [0.2, 0.25) is 0 Å². The Morgan fingerprint density at radius 1 is 0.944 bits per heavy atom. The average molecular weight is 237 g/mol. The Hall–Kier alpha value is -2.26. The molecule has 0 bridgehead atoms. The van der Waals surface area contributed by atoms with E-state index in [-0.39, 0.29) is 0 Å². The van der Waals surface area contributed by atoms with Gasteiger partial charge in [0, 0.05) is 17.8 Å². The van der Waals surface area contributed by atoms with Gasteiger partial charge in [0.25, 0.3) is 0 Å². The zero-order chi connectivity index (χ0) is 12.4. The molecule has 0 amide bonds. The summed E-state index contributed by atoms with van der Waals surface area (Å²) in [6.45, 7) is 0.498. The number of nitrogens with zero attached hydrogens (tertiary/aromatic N) is 1. The molecule has 3 heteroatoms. The lowest BCUT2D eigenvalue weighted by molar-refractivity contribution is 0.797. The lowest BCUT2D eigenvalue weighted by Gasteiger charge is -2.32. The molecule has 3 rings (SSSR count). The second-order valence-electron chi connectivity index (χ2n) is 4.22. The second kappa shape index (κ2) is 4.55. The molecule has 2 aromatic carbocycles. The van der Waals surface area contributed by atoms with Crippen LogP contribution in [0.5, 0.6) is 0 Å². The van der Waals surface area contributed by atoms with Crippen molar-refractivity contribution in [2.75, 3.05) is 11.6 Å². The van der Waals surface area contributed by atoms with E-state index < -0.39 is 0 Å². The molecule has 0 aromatic heterocycles. The van der Waals surface area contributed by atoms with E-state index in [2.05, 4.69) is 40.8 Å². The Kier molecular flexibility index (Phi) is 2.74. The van der Waals surface area contributed by atoms with E-state index in [0.717, 1.165) is 17.1 Å². The molecule has 0 spiro atoms. The Labute approximate surface area is 107 Å². The van der Waals surface area contributed by atoms with Crippen molar-refractivity contribution in [3.8, 4) is 0 Å². The van der Waals surface area contributed by atoms with Crippen molar-refractivity contribution in [2.45, 2.75) is 0 Å². The number of rotatable bonds is 2. The number of hydrogen-bond acceptors (Lipinski definition) is 3. The van der Waals surface area contributed by atoms with Gasteiger partial charge in [0.1, 0.15) is 0 Å². The van der Waals surface area contributed by atoms with Crippen LogP contribution < -0.4 is 16.2 Å². The van der Waals surface area contributed by atoms with Gasteiger partial charge in [-0.05, 0) is 24.3 Å². The first-order chi connectivity index (χ1) is 8.88. The summed E-state index contributed by atoms with van der Waals surface area (Å²) in [5.41, 5.74) is 13.5. The minimum Gasteiger partial charge on any atom is -0.325 e. The molecule has 0 fully saturated rings. The van der Waals surface area contributed by atoms with Gasteiger partial charge in [-0.2, -0.15) is 0 Å². The second-order valence-corrected chi connectivity index (χ2v) is 4.22. The summed E-state index contributed by atoms with van der Waals surface area (Å²) in [7, 11) is 0. The smallest absolute Gasteiger partial charge is 0.0703 e. The van der Waals surface area contributed by atoms with Crippen molar-refractivity contribution in [3.05, 3.63) is 65.9 Å². The lowest BCUT2D eigenvalue weighted by Crippen LogP contribution is -2.38. The SMILES string of the molecule is NCC1=Cc2ccccc2N(c2ccccc2)N1. The molecule has 3 N–H and O–H groups in total. The van der Waals surface area contributed by atoms with E-state index in [0.29, 0.717) is 6.54 Å². The van der Waals surface area contributed by atoms with Gasteiger partial charge >= 0.3 is 0 Å². The Morgan fingerprint density at radius 3 is 2.44 bits per heavy atom. The molecule has 1 aliphatic rings. The summed E-state index contributed by atoms with van der Waals surface area (Å²) in [5.74, 6) is 0. The van der Waals surface area contributed by atoms with E-state index in [1.165, 1.54) is 5.56 Å². The quantitative estimate of drug-likeness (QED) is 0.843. The minimum absolute atomic E-state index is 0.498. The predicted octanol–water partition coefficient (Wildman–Crippen LogP) is 2.64. The standard InChI is InChI=1S/C15H15N3/c16-11-13-10-12-6-4-5-9-15(12)18(17-13)14-7-2-1-3-8-14/h1-10,17H,11,16H2. The number of hydrogen-bond donors (Lipinski definition) is 2. The first kappa shape index (κ1) is 10.9. The van der Waals surface area contributed by atoms with Gasteiger partial charge in [-0.15, -0.1) is 0 Å². The van der Waals surface area contributed by atoms with Crippen LogP contribution in [0.25, 0.3) is 6.08 Å². The number of hydrazine groups is 1. The van der Waals surface area contributed by atoms with Gasteiger partial charge in [0.2, 0.25) is 0 Å². The van der Waals surface area contributed by atoms with Crippen molar-refractivity contribution in [1.29, 1.82) is 0 Å². The minimum atomic E-state index is 0.498. The maximum atomic E-state index is 5.74. The molecule has 0 saturated heterocycles. The van der Waals surface area contributed by atoms with Crippen LogP contribution in [0.15, 0.2) is 60.3 Å². The molecule has 0 radical (unpaired) electrons. The van der Waals surface area contributed by atoms with Crippen LogP contribution in [0.3, 0.4) is 0 Å². The Bertz CT molecular complexity index is 575. The predicted molar refractivity (Wildman–Crippen MR) is 75.2 cm³/mol. The maximum absolute atomic E-state index is 5.74. The highest BCUT2D eigenvalue weighted by molar-refractivity contribution is 5.77. The summed E-state index contributed by atoms with van der Waals surface area (Å²) in [5, 5.41) is 2.07. The highest BCUT2D eigenvalue weighted by Crippen LogP contribution is 2.31. The van der Waals surface area contributed by atoms with Crippen molar-refractivity contribution < 1.29 is 0 Å². The Balaban J connectivity index is 2.09. The Morgan fingerprint density at radius 2 is 1.67 bits per heavy atom. The summed E-state index contributed by atoms with van der Waals surface area (Å²) in [4.78, 5) is 0. The molecule has 0 saturated carbocycles. The fourth-order valence-electron chi connectivity index (χ4n) is 2.12. The van der Waals surface area contributed by atoms with Crippen molar-refractivity contribution in [1.82, 2.24) is 5.43 Å². The molecule has 0 aliphatic carbocycles. The topological polar surface area (TPSA) is 41.3 Å². The van der Waals surface area contributed by atoms with Gasteiger partial charge in [-0.3, -0.25) is 10.4 Å². The number of fused-ring (bicyclic) bond motifs is 1. The summed E-state index contributed by atoms with van der Waals surface area (Å²) in [6, 6.07) is 18.5. The monoisotopic (exact) mass is 237 g/mol. The van der Waals surface area contributed by atoms with Gasteiger partial charge in [0.05, 0.1) is 11.4 Å². The highest BCUT2D eigenvalue weighted by Gasteiger charge is 2.17. The number of benzene rings is 2. The molecule has 1 aliphatic heterocycles. The van der Waals surface area contributed by atoms with Crippen LogP contribution in [0, 0.1) is 0 Å². The highest BCUT2D eigenvalue weighted by atomic mass is 15.5. The molecule has 1 heterocycles. The zero-order valence-corrected chi connectivity index (χ0v) is 10.0. The molecular formula is C15H15N3. The van der Waals surface area contributed by atoms with E-state index in [9.17, 15) is 0 Å². The molecule has 18 heavy (non-hydrogen) atoms. The van der Waals surface area contributed by atoms with Crippen LogP contribution in [0.1, 0.15) is 5.56 Å². The van der Waals surface area contributed by atoms with Crippen LogP contribution in [-0.2, 0) is 0 Å². The van der Waals surface area contributed by atoms with Gasteiger partial charge < -0.3 is 5.73 Å². The molecule has 0 atom stereocenters. The maximum Gasteiger partial charge on any atom is 0.0703 e. The molecule has 2 aromatic rings. The first-order valence-electron chi connectivity index (χ1n) is 6.00. The fourth-order valence-corrected chi connectivity index (χ4v) is 2.12. The summed E-state index contributed by atoms with van der Waals surface area (Å²) < 4.78 is 0. The largest absolute Gasteiger partial charge is 0.325 e. The van der Waals surface area contributed by atoms with Gasteiger partial charge in [-0.1, -0.05) is 36.4 Å². The normalized spacial score (nSPS) is 13.6. The summed E-state index contributed by atoms with van der Waals surface area (Å²) >= 11 is 0. The average Bonchev–Trinajstić information content (AvgIpc) is 2.47. The van der Waals surface area contributed by atoms with Gasteiger partial charge in [-0.25, -0.2) is 0 Å². The van der Waals surface area contributed by atoms with Crippen molar-refractivity contribution in [3.63, 3.8) is 0 Å². The van der Waals surface area contributed by atoms with E-state index in [4.69, 9.17) is 5.73 Å². The zero-order valence-electron chi connectivity index (χ0n) is 10.0. The van der Waals surface area contributed by atoms with Gasteiger partial charge in [0.15, 0.2) is 0 Å². The third-order valence-electron chi connectivity index (χ3n) is 3.00. The van der Waals surface area contributed by atoms with Crippen LogP contribution >= 0.6 is 0 Å². The number of anilines is 2. The molecule has 90 valence electrons. The fraction of sp³-hybridized carbons (Fsp3) is 0.0667. The van der Waals surface area contributed by atoms with Crippen molar-refractivity contribution in [2.24, 2.45) is 5.73 Å². The van der Waals surface area contributed by atoms with E-state index in [1.54, 1.807) is 0 Å². The van der Waals surface area contributed by atoms with E-state index in [1.807, 2.05) is 30.3 Å². The number of nitrogens with one attached hydrogen (secondary N) is 1. The molecule has 0 unspecified atom stereocenters. The first-order valence-corrected chi connectivity index (χ1v) is 6.00. The summed E-state index contributed by atoms with van der Waals surface area (Å²) in [6.07, 6.45) is 2.09. The van der Waals surface area contributed by atoms with Crippen LogP contribution in [-0.4, -0.2) is 6.54 Å².